The van der Waals surface area contributed by atoms with E-state index in [9.17, 15) is 27.5 Å². The van der Waals surface area contributed by atoms with Crippen molar-refractivity contribution in [3.05, 3.63) is 95.3 Å². The molecule has 2 atom stereocenters. The number of aromatic nitrogens is 1. The van der Waals surface area contributed by atoms with E-state index in [1.807, 2.05) is 27.7 Å². The van der Waals surface area contributed by atoms with Crippen LogP contribution in [-0.2, 0) is 31.6 Å². The lowest BCUT2D eigenvalue weighted by molar-refractivity contribution is -0.126. The minimum absolute atomic E-state index is 0.0499. The first-order chi connectivity index (χ1) is 22.2. The third-order valence-corrected chi connectivity index (χ3v) is 10.2. The summed E-state index contributed by atoms with van der Waals surface area (Å²) in [5.41, 5.74) is 3.04. The van der Waals surface area contributed by atoms with Gasteiger partial charge in [0.15, 0.2) is 0 Å². The first kappa shape index (κ1) is 35.9. The number of thiazole rings is 1. The Labute approximate surface area is 279 Å². The molecule has 0 radical (unpaired) electrons. The van der Waals surface area contributed by atoms with Gasteiger partial charge in [-0.25, -0.2) is 17.8 Å². The highest BCUT2D eigenvalue weighted by atomic mass is 32.2. The van der Waals surface area contributed by atoms with Crippen LogP contribution in [0.1, 0.15) is 38.8 Å². The minimum Gasteiger partial charge on any atom is -0.390 e. The van der Waals surface area contributed by atoms with Crippen LogP contribution in [0.25, 0.3) is 10.2 Å². The van der Waals surface area contributed by atoms with Gasteiger partial charge in [0.2, 0.25) is 21.8 Å². The summed E-state index contributed by atoms with van der Waals surface area (Å²) >= 11 is 1.34. The predicted octanol–water partition coefficient (Wildman–Crippen LogP) is 3.41. The zero-order chi connectivity index (χ0) is 34.2. The molecule has 4 rings (SSSR count). The Morgan fingerprint density at radius 3 is 2.55 bits per heavy atom. The number of carbonyl (C=O) groups excluding carboxylic acids is 2. The number of rotatable bonds is 16. The highest BCUT2D eigenvalue weighted by molar-refractivity contribution is 7.89. The van der Waals surface area contributed by atoms with Gasteiger partial charge in [-0.15, -0.1) is 11.3 Å². The third-order valence-electron chi connectivity index (χ3n) is 7.57. The van der Waals surface area contributed by atoms with Crippen LogP contribution in [0.5, 0.6) is 0 Å². The summed E-state index contributed by atoms with van der Waals surface area (Å²) in [6.07, 6.45) is -1.12. The topological polar surface area (TPSA) is 141 Å². The van der Waals surface area contributed by atoms with E-state index in [0.717, 1.165) is 10.3 Å². The standard InChI is InChI=1S/C34H40FN5O5S2/c1-23(2)20-40(47(44,45)27-13-14-28-31(17-27)46-22-37-28)21-30(41)29(15-24-9-6-5-7-10-24)39-33(43)18-36-32(42)19-38-34(3,4)25-11-8-12-26(35)16-25/h6,8-14,16-17,22-23,29-30,38,41H,15,18-21H2,1-4H3,(H,36,42)(H,39,43)/t29-,30+/m0/s1. The first-order valence-electron chi connectivity index (χ1n) is 15.2. The molecule has 0 spiro atoms. The average Bonchev–Trinajstić information content (AvgIpc) is 3.51. The maximum absolute atomic E-state index is 13.8. The SMILES string of the molecule is CC(C)CN(C[C@@H](O)[C@H](Cc1cc#ccc1)NC(=O)CNC(=O)CNC(C)(C)c1cccc(F)c1)S(=O)(=O)c1ccc2ncsc2c1. The van der Waals surface area contributed by atoms with E-state index in [1.165, 1.54) is 33.8 Å². The number of sulfonamides is 1. The molecule has 0 aliphatic heterocycles. The molecule has 0 fully saturated rings. The van der Waals surface area contributed by atoms with E-state index in [0.29, 0.717) is 11.1 Å². The number of aliphatic hydroxyl groups is 1. The zero-order valence-electron chi connectivity index (χ0n) is 26.8. The number of benzene rings is 2. The number of fused-ring (bicyclic) bond motifs is 1. The summed E-state index contributed by atoms with van der Waals surface area (Å²) < 4.78 is 43.3. The molecule has 13 heteroatoms. The molecule has 0 saturated carbocycles. The highest BCUT2D eigenvalue weighted by Crippen LogP contribution is 2.25. The fraction of sp³-hybridized carbons (Fsp3) is 0.382. The summed E-state index contributed by atoms with van der Waals surface area (Å²) in [5, 5.41) is 19.9. The summed E-state index contributed by atoms with van der Waals surface area (Å²) in [6, 6.07) is 20.7. The number of hydrogen-bond acceptors (Lipinski definition) is 8. The smallest absolute Gasteiger partial charge is 0.243 e. The average molecular weight is 682 g/mol. The van der Waals surface area contributed by atoms with Crippen LogP contribution >= 0.6 is 11.3 Å². The maximum atomic E-state index is 13.8. The molecule has 0 saturated heterocycles. The van der Waals surface area contributed by atoms with Gasteiger partial charge >= 0.3 is 0 Å². The number of nitrogens with zero attached hydrogens (tertiary/aromatic N) is 2. The van der Waals surface area contributed by atoms with Crippen molar-refractivity contribution in [2.45, 2.75) is 56.7 Å². The second-order valence-corrected chi connectivity index (χ2v) is 15.1. The van der Waals surface area contributed by atoms with E-state index in [-0.39, 0.29) is 49.2 Å². The van der Waals surface area contributed by atoms with Crippen molar-refractivity contribution < 1.29 is 27.5 Å². The maximum Gasteiger partial charge on any atom is 0.243 e. The lowest BCUT2D eigenvalue weighted by Gasteiger charge is -2.30. The number of hydrogen-bond donors (Lipinski definition) is 4. The lowest BCUT2D eigenvalue weighted by atomic mass is 9.94. The summed E-state index contributed by atoms with van der Waals surface area (Å²) in [4.78, 5) is 30.0. The zero-order valence-corrected chi connectivity index (χ0v) is 28.4. The quantitative estimate of drug-likeness (QED) is 0.142. The van der Waals surface area contributed by atoms with Gasteiger partial charge in [0.05, 0.1) is 45.9 Å². The van der Waals surface area contributed by atoms with Crippen molar-refractivity contribution in [3.63, 3.8) is 0 Å². The van der Waals surface area contributed by atoms with Crippen LogP contribution in [0.4, 0.5) is 4.39 Å². The van der Waals surface area contributed by atoms with Gasteiger partial charge in [-0.05, 0) is 85.8 Å². The number of aliphatic hydroxyl groups excluding tert-OH is 1. The molecule has 47 heavy (non-hydrogen) atoms. The molecule has 3 aromatic carbocycles. The van der Waals surface area contributed by atoms with Crippen molar-refractivity contribution in [2.24, 2.45) is 5.92 Å². The Bertz CT molecular complexity index is 1760. The molecule has 0 aliphatic carbocycles. The second-order valence-electron chi connectivity index (χ2n) is 12.3. The molecule has 0 bridgehead atoms. The van der Waals surface area contributed by atoms with Crippen LogP contribution in [0.15, 0.2) is 71.1 Å². The van der Waals surface area contributed by atoms with Crippen LogP contribution in [-0.4, -0.2) is 73.0 Å². The van der Waals surface area contributed by atoms with Gasteiger partial charge in [-0.1, -0.05) is 38.1 Å². The van der Waals surface area contributed by atoms with Gasteiger partial charge in [0.1, 0.15) is 5.82 Å². The third kappa shape index (κ3) is 10.0. The van der Waals surface area contributed by atoms with Crippen molar-refractivity contribution >= 4 is 43.4 Å². The fourth-order valence-electron chi connectivity index (χ4n) is 4.98. The normalized spacial score (nSPS) is 13.4. The molecule has 0 unspecified atom stereocenters. The Hall–Kier alpha value is -3.93. The molecular weight excluding hydrogens is 642 g/mol. The molecule has 4 aromatic rings. The number of amides is 2. The molecule has 2 amide bonds. The summed E-state index contributed by atoms with van der Waals surface area (Å²) in [5.74, 6) is -1.45. The lowest BCUT2D eigenvalue weighted by Crippen LogP contribution is -2.53. The largest absolute Gasteiger partial charge is 0.390 e. The second kappa shape index (κ2) is 15.8. The monoisotopic (exact) mass is 681 g/mol. The summed E-state index contributed by atoms with van der Waals surface area (Å²) in [6.45, 7) is 6.75. The minimum atomic E-state index is -4.01. The summed E-state index contributed by atoms with van der Waals surface area (Å²) in [7, 11) is -4.01. The molecule has 4 N–H and O–H groups in total. The van der Waals surface area contributed by atoms with Gasteiger partial charge < -0.3 is 15.7 Å². The Balaban J connectivity index is 1.43. The van der Waals surface area contributed by atoms with Gasteiger partial charge in [0, 0.05) is 18.6 Å². The van der Waals surface area contributed by atoms with E-state index in [2.05, 4.69) is 33.1 Å². The van der Waals surface area contributed by atoms with Crippen LogP contribution in [0.2, 0.25) is 0 Å². The van der Waals surface area contributed by atoms with Crippen LogP contribution in [0, 0.1) is 23.9 Å². The van der Waals surface area contributed by atoms with Crippen LogP contribution < -0.4 is 16.0 Å². The molecular formula is C34H40FN5O5S2. The number of carbonyl (C=O) groups is 2. The Kier molecular flexibility index (Phi) is 12.1. The van der Waals surface area contributed by atoms with Crippen molar-refractivity contribution in [1.82, 2.24) is 25.2 Å². The van der Waals surface area contributed by atoms with Crippen molar-refractivity contribution in [2.75, 3.05) is 26.2 Å². The van der Waals surface area contributed by atoms with Crippen LogP contribution in [0.3, 0.4) is 0 Å². The van der Waals surface area contributed by atoms with E-state index in [1.54, 1.807) is 48.0 Å². The van der Waals surface area contributed by atoms with Crippen molar-refractivity contribution in [1.29, 1.82) is 0 Å². The molecule has 1 heterocycles. The van der Waals surface area contributed by atoms with E-state index >= 15 is 0 Å². The number of halogens is 1. The molecule has 10 nitrogen and oxygen atoms in total. The predicted molar refractivity (Wildman–Crippen MR) is 179 cm³/mol. The molecule has 250 valence electrons. The van der Waals surface area contributed by atoms with Gasteiger partial charge in [-0.3, -0.25) is 14.9 Å². The Morgan fingerprint density at radius 2 is 1.85 bits per heavy atom. The van der Waals surface area contributed by atoms with E-state index < -0.39 is 39.5 Å². The Morgan fingerprint density at radius 1 is 1.06 bits per heavy atom. The molecule has 0 aliphatic rings. The number of nitrogens with one attached hydrogen (secondary N) is 3. The van der Waals surface area contributed by atoms with Gasteiger partial charge in [-0.2, -0.15) is 4.31 Å². The highest BCUT2D eigenvalue weighted by Gasteiger charge is 2.32. The van der Waals surface area contributed by atoms with Crippen molar-refractivity contribution in [3.8, 4) is 0 Å². The molecule has 1 aromatic heterocycles. The fourth-order valence-corrected chi connectivity index (χ4v) is 7.42. The van der Waals surface area contributed by atoms with E-state index in [4.69, 9.17) is 0 Å². The first-order valence-corrected chi connectivity index (χ1v) is 17.5. The van der Waals surface area contributed by atoms with Gasteiger partial charge in [0.25, 0.3) is 0 Å².